The predicted molar refractivity (Wildman–Crippen MR) is 158 cm³/mol. The van der Waals surface area contributed by atoms with Crippen molar-refractivity contribution in [2.75, 3.05) is 14.2 Å². The molecule has 0 fully saturated rings. The molecule has 1 aromatic heterocycles. The van der Waals surface area contributed by atoms with E-state index in [9.17, 15) is 0 Å². The smallest absolute Gasteiger partial charge is 0.227 e. The Labute approximate surface area is 228 Å². The number of para-hydroxylation sites is 1. The number of rotatable bonds is 7. The number of fused-ring (bicyclic) bond motifs is 1. The highest BCUT2D eigenvalue weighted by Crippen LogP contribution is 2.40. The van der Waals surface area contributed by atoms with Crippen molar-refractivity contribution in [3.63, 3.8) is 0 Å². The number of hydrogen-bond donors (Lipinski definition) is 0. The summed E-state index contributed by atoms with van der Waals surface area (Å²) in [5.41, 5.74) is 6.31. The van der Waals surface area contributed by atoms with Crippen LogP contribution in [-0.4, -0.2) is 19.2 Å². The summed E-state index contributed by atoms with van der Waals surface area (Å²) in [4.78, 5) is 5.05. The lowest BCUT2D eigenvalue weighted by Gasteiger charge is -2.15. The minimum Gasteiger partial charge on any atom is -0.493 e. The summed E-state index contributed by atoms with van der Waals surface area (Å²) in [6.45, 7) is 0. The van der Waals surface area contributed by atoms with Gasteiger partial charge >= 0.3 is 0 Å². The molecule has 0 atom stereocenters. The average molecular weight is 510 g/mol. The summed E-state index contributed by atoms with van der Waals surface area (Å²) >= 11 is 0. The van der Waals surface area contributed by atoms with E-state index in [1.54, 1.807) is 14.2 Å². The molecule has 6 rings (SSSR count). The first-order valence-corrected chi connectivity index (χ1v) is 12.8. The molecular formula is C35H27NO3. The monoisotopic (exact) mass is 509 g/mol. The van der Waals surface area contributed by atoms with E-state index in [4.69, 9.17) is 19.2 Å². The number of nitrogens with zero attached hydrogens (tertiary/aromatic N) is 1. The lowest BCUT2D eigenvalue weighted by atomic mass is 9.94. The van der Waals surface area contributed by atoms with Crippen LogP contribution in [0.1, 0.15) is 0 Å². The Kier molecular flexibility index (Phi) is 6.67. The quantitative estimate of drug-likeness (QED) is 0.215. The summed E-state index contributed by atoms with van der Waals surface area (Å²) < 4.78 is 17.6. The van der Waals surface area contributed by atoms with E-state index in [1.165, 1.54) is 0 Å². The molecule has 0 saturated carbocycles. The van der Waals surface area contributed by atoms with Crippen molar-refractivity contribution in [2.45, 2.75) is 0 Å². The van der Waals surface area contributed by atoms with Crippen LogP contribution in [0.4, 0.5) is 0 Å². The molecular weight excluding hydrogens is 482 g/mol. The maximum Gasteiger partial charge on any atom is 0.227 e. The van der Waals surface area contributed by atoms with Gasteiger partial charge in [0.15, 0.2) is 11.5 Å². The van der Waals surface area contributed by atoms with Gasteiger partial charge in [-0.15, -0.1) is 0 Å². The first-order valence-electron chi connectivity index (χ1n) is 12.8. The topological polar surface area (TPSA) is 40.6 Å². The molecule has 0 spiro atoms. The van der Waals surface area contributed by atoms with Gasteiger partial charge in [-0.3, -0.25) is 0 Å². The molecule has 190 valence electrons. The van der Waals surface area contributed by atoms with Gasteiger partial charge in [0.1, 0.15) is 5.75 Å². The van der Waals surface area contributed by atoms with Crippen LogP contribution >= 0.6 is 0 Å². The number of benzene rings is 5. The lowest BCUT2D eigenvalue weighted by Crippen LogP contribution is -1.96. The minimum atomic E-state index is 0.501. The molecule has 0 radical (unpaired) electrons. The van der Waals surface area contributed by atoms with Crippen LogP contribution in [-0.2, 0) is 0 Å². The molecule has 4 nitrogen and oxygen atoms in total. The minimum absolute atomic E-state index is 0.501. The average Bonchev–Trinajstić information content (AvgIpc) is 3.01. The molecule has 0 unspecified atom stereocenters. The third-order valence-electron chi connectivity index (χ3n) is 6.70. The number of methoxy groups -OCH3 is 2. The van der Waals surface area contributed by atoms with Crippen LogP contribution in [0.15, 0.2) is 127 Å². The van der Waals surface area contributed by atoms with Gasteiger partial charge in [-0.2, -0.15) is 0 Å². The van der Waals surface area contributed by atoms with Gasteiger partial charge in [-0.05, 0) is 76.2 Å². The zero-order valence-corrected chi connectivity index (χ0v) is 21.8. The predicted octanol–water partition coefficient (Wildman–Crippen LogP) is 9.05. The number of aromatic nitrogens is 1. The fourth-order valence-corrected chi connectivity index (χ4v) is 4.74. The van der Waals surface area contributed by atoms with E-state index in [2.05, 4.69) is 72.8 Å². The molecule has 5 aromatic carbocycles. The van der Waals surface area contributed by atoms with Gasteiger partial charge in [0.05, 0.1) is 19.9 Å². The highest BCUT2D eigenvalue weighted by molar-refractivity contribution is 5.93. The Hall–Kier alpha value is -5.09. The first kappa shape index (κ1) is 24.3. The third kappa shape index (κ3) is 5.05. The van der Waals surface area contributed by atoms with Crippen molar-refractivity contribution in [1.29, 1.82) is 0 Å². The van der Waals surface area contributed by atoms with Gasteiger partial charge in [0.2, 0.25) is 5.88 Å². The molecule has 0 amide bonds. The standard InChI is InChI=1S/C35H27NO3/c1-37-33-22-28-21-32(36-35(31(28)23-34(33)38-2)39-30-16-10-5-11-17-30)29-19-26(24-12-6-3-7-13-24)18-27(20-29)25-14-8-4-9-15-25/h3-23H,1-2H3. The molecule has 0 aliphatic carbocycles. The summed E-state index contributed by atoms with van der Waals surface area (Å²) in [6, 6.07) is 43.1. The molecule has 0 bridgehead atoms. The second-order valence-corrected chi connectivity index (χ2v) is 9.19. The van der Waals surface area contributed by atoms with Crippen LogP contribution in [0.25, 0.3) is 44.3 Å². The lowest BCUT2D eigenvalue weighted by molar-refractivity contribution is 0.355. The van der Waals surface area contributed by atoms with Crippen molar-refractivity contribution in [3.05, 3.63) is 127 Å². The Morgan fingerprint density at radius 1 is 0.487 bits per heavy atom. The molecule has 0 N–H and O–H groups in total. The summed E-state index contributed by atoms with van der Waals surface area (Å²) in [7, 11) is 3.27. The van der Waals surface area contributed by atoms with E-state index in [-0.39, 0.29) is 0 Å². The molecule has 39 heavy (non-hydrogen) atoms. The summed E-state index contributed by atoms with van der Waals surface area (Å²) in [5, 5.41) is 1.78. The number of hydrogen-bond acceptors (Lipinski definition) is 4. The SMILES string of the molecule is COc1cc2cc(-c3cc(-c4ccccc4)cc(-c4ccccc4)c3)nc(Oc3ccccc3)c2cc1OC. The Morgan fingerprint density at radius 3 is 1.56 bits per heavy atom. The maximum absolute atomic E-state index is 6.35. The maximum atomic E-state index is 6.35. The van der Waals surface area contributed by atoms with Gasteiger partial charge in [0, 0.05) is 10.9 Å². The first-order chi connectivity index (χ1) is 19.2. The van der Waals surface area contributed by atoms with Crippen molar-refractivity contribution in [1.82, 2.24) is 4.98 Å². The van der Waals surface area contributed by atoms with Gasteiger partial charge in [-0.1, -0.05) is 78.9 Å². The Balaban J connectivity index is 1.58. The Morgan fingerprint density at radius 2 is 1.00 bits per heavy atom. The molecule has 0 aliphatic rings. The van der Waals surface area contributed by atoms with Crippen molar-refractivity contribution in [3.8, 4) is 56.6 Å². The highest BCUT2D eigenvalue weighted by Gasteiger charge is 2.16. The van der Waals surface area contributed by atoms with E-state index in [1.807, 2.05) is 54.6 Å². The van der Waals surface area contributed by atoms with Crippen LogP contribution in [0.5, 0.6) is 23.1 Å². The van der Waals surface area contributed by atoms with Crippen LogP contribution in [0.2, 0.25) is 0 Å². The molecule has 6 aromatic rings. The molecule has 0 saturated heterocycles. The van der Waals surface area contributed by atoms with E-state index in [0.29, 0.717) is 23.1 Å². The molecule has 1 heterocycles. The van der Waals surface area contributed by atoms with Gasteiger partial charge < -0.3 is 14.2 Å². The fraction of sp³-hybridized carbons (Fsp3) is 0.0571. The second-order valence-electron chi connectivity index (χ2n) is 9.19. The molecule has 4 heteroatoms. The van der Waals surface area contributed by atoms with Crippen LogP contribution in [0.3, 0.4) is 0 Å². The summed E-state index contributed by atoms with van der Waals surface area (Å²) in [5.74, 6) is 2.48. The fourth-order valence-electron chi connectivity index (χ4n) is 4.74. The number of pyridine rings is 1. The zero-order valence-electron chi connectivity index (χ0n) is 21.8. The highest BCUT2D eigenvalue weighted by atomic mass is 16.5. The second kappa shape index (κ2) is 10.7. The van der Waals surface area contributed by atoms with Crippen LogP contribution < -0.4 is 14.2 Å². The van der Waals surface area contributed by atoms with Crippen LogP contribution in [0, 0.1) is 0 Å². The van der Waals surface area contributed by atoms with E-state index < -0.39 is 0 Å². The normalized spacial score (nSPS) is 10.8. The zero-order chi connectivity index (χ0) is 26.6. The van der Waals surface area contributed by atoms with E-state index in [0.717, 1.165) is 44.3 Å². The summed E-state index contributed by atoms with van der Waals surface area (Å²) in [6.07, 6.45) is 0. The largest absolute Gasteiger partial charge is 0.493 e. The third-order valence-corrected chi connectivity index (χ3v) is 6.70. The van der Waals surface area contributed by atoms with E-state index >= 15 is 0 Å². The van der Waals surface area contributed by atoms with Gasteiger partial charge in [0.25, 0.3) is 0 Å². The number of ether oxygens (including phenoxy) is 3. The molecule has 0 aliphatic heterocycles. The van der Waals surface area contributed by atoms with Crippen molar-refractivity contribution >= 4 is 10.8 Å². The van der Waals surface area contributed by atoms with Crippen molar-refractivity contribution in [2.24, 2.45) is 0 Å². The van der Waals surface area contributed by atoms with Crippen molar-refractivity contribution < 1.29 is 14.2 Å². The Bertz CT molecular complexity index is 1680. The van der Waals surface area contributed by atoms with Gasteiger partial charge in [-0.25, -0.2) is 4.98 Å².